The lowest BCUT2D eigenvalue weighted by Crippen LogP contribution is -2.07. The predicted molar refractivity (Wildman–Crippen MR) is 64.9 cm³/mol. The first-order valence-electron chi connectivity index (χ1n) is 4.08. The molecule has 0 spiro atoms. The lowest BCUT2D eigenvalue weighted by Gasteiger charge is -2.06. The first-order valence-corrected chi connectivity index (χ1v) is 6.67. The number of ether oxygens (including phenoxy) is 1. The van der Waals surface area contributed by atoms with Gasteiger partial charge in [0.2, 0.25) is 0 Å². The zero-order valence-corrected chi connectivity index (χ0v) is 11.4. The summed E-state index contributed by atoms with van der Waals surface area (Å²) in [6, 6.07) is 2.18. The van der Waals surface area contributed by atoms with Gasteiger partial charge in [-0.25, -0.2) is 0 Å². The van der Waals surface area contributed by atoms with Crippen LogP contribution in [0.25, 0.3) is 0 Å². The summed E-state index contributed by atoms with van der Waals surface area (Å²) in [5, 5.41) is 2.12. The Morgan fingerprint density at radius 1 is 1.62 bits per heavy atom. The summed E-state index contributed by atoms with van der Waals surface area (Å²) in [6.07, 6.45) is 2.25. The van der Waals surface area contributed by atoms with E-state index in [1.54, 1.807) is 18.4 Å². The lowest BCUT2D eigenvalue weighted by atomic mass is 10.2. The summed E-state index contributed by atoms with van der Waals surface area (Å²) >= 11 is 8.82. The van der Waals surface area contributed by atoms with E-state index in [-0.39, 0.29) is 0 Å². The van der Waals surface area contributed by atoms with Gasteiger partial charge in [-0.1, -0.05) is 15.9 Å². The van der Waals surface area contributed by atoms with E-state index in [2.05, 4.69) is 43.3 Å². The first-order chi connectivity index (χ1) is 6.22. The smallest absolute Gasteiger partial charge is 0.0587 e. The molecule has 1 aromatic heterocycles. The van der Waals surface area contributed by atoms with Gasteiger partial charge >= 0.3 is 0 Å². The van der Waals surface area contributed by atoms with Gasteiger partial charge in [0.05, 0.1) is 6.61 Å². The molecule has 0 saturated heterocycles. The summed E-state index contributed by atoms with van der Waals surface area (Å²) in [5.41, 5.74) is 0. The highest BCUT2D eigenvalue weighted by atomic mass is 79.9. The van der Waals surface area contributed by atoms with Crippen molar-refractivity contribution in [3.8, 4) is 0 Å². The molecule has 74 valence electrons. The molecule has 0 aliphatic carbocycles. The number of alkyl halides is 1. The van der Waals surface area contributed by atoms with Crippen LogP contribution in [-0.2, 0) is 11.2 Å². The molecule has 1 heterocycles. The fourth-order valence-electron chi connectivity index (χ4n) is 1.05. The maximum absolute atomic E-state index is 5.04. The third-order valence-corrected chi connectivity index (χ3v) is 4.15. The molecule has 0 fully saturated rings. The molecule has 0 bridgehead atoms. The zero-order chi connectivity index (χ0) is 9.68. The number of methoxy groups -OCH3 is 1. The summed E-state index contributed by atoms with van der Waals surface area (Å²) in [5.74, 6) is 0. The van der Waals surface area contributed by atoms with Gasteiger partial charge in [0.25, 0.3) is 0 Å². The molecular weight excluding hydrogens is 316 g/mol. The average Bonchev–Trinajstić information content (AvgIpc) is 2.49. The molecule has 0 saturated carbocycles. The van der Waals surface area contributed by atoms with E-state index in [4.69, 9.17) is 4.74 Å². The number of hydrogen-bond donors (Lipinski definition) is 0. The van der Waals surface area contributed by atoms with E-state index in [9.17, 15) is 0 Å². The lowest BCUT2D eigenvalue weighted by molar-refractivity contribution is 0.198. The predicted octanol–water partition coefficient (Wildman–Crippen LogP) is 3.85. The maximum atomic E-state index is 5.04. The third kappa shape index (κ3) is 4.58. The number of rotatable bonds is 5. The van der Waals surface area contributed by atoms with Crippen LogP contribution in [0, 0.1) is 0 Å². The second-order valence-electron chi connectivity index (χ2n) is 2.82. The Morgan fingerprint density at radius 2 is 2.38 bits per heavy atom. The van der Waals surface area contributed by atoms with Crippen LogP contribution in [0.4, 0.5) is 0 Å². The fourth-order valence-corrected chi connectivity index (χ4v) is 3.01. The van der Waals surface area contributed by atoms with E-state index in [0.717, 1.165) is 19.4 Å². The van der Waals surface area contributed by atoms with Gasteiger partial charge in [-0.2, -0.15) is 0 Å². The molecule has 0 aromatic carbocycles. The van der Waals surface area contributed by atoms with Crippen molar-refractivity contribution < 1.29 is 4.74 Å². The van der Waals surface area contributed by atoms with Crippen molar-refractivity contribution in [2.24, 2.45) is 0 Å². The first kappa shape index (κ1) is 11.7. The second kappa shape index (κ2) is 6.17. The van der Waals surface area contributed by atoms with E-state index < -0.39 is 0 Å². The quantitative estimate of drug-likeness (QED) is 0.746. The molecule has 0 radical (unpaired) electrons. The highest BCUT2D eigenvalue weighted by Crippen LogP contribution is 2.22. The van der Waals surface area contributed by atoms with Gasteiger partial charge in [-0.05, 0) is 34.8 Å². The number of hydrogen-bond acceptors (Lipinski definition) is 2. The Labute approximate surface area is 99.7 Å². The summed E-state index contributed by atoms with van der Waals surface area (Å²) in [4.78, 5) is 1.89. The molecule has 0 aliphatic rings. The Hall–Kier alpha value is 0.620. The number of halogens is 2. The summed E-state index contributed by atoms with van der Waals surface area (Å²) in [7, 11) is 1.73. The number of thiophene rings is 1. The molecule has 0 N–H and O–H groups in total. The van der Waals surface area contributed by atoms with E-state index in [1.165, 1.54) is 9.35 Å². The van der Waals surface area contributed by atoms with Crippen molar-refractivity contribution in [3.05, 3.63) is 20.8 Å². The van der Waals surface area contributed by atoms with Crippen LogP contribution >= 0.6 is 43.2 Å². The van der Waals surface area contributed by atoms with Gasteiger partial charge in [0.15, 0.2) is 0 Å². The molecule has 1 nitrogen and oxygen atoms in total. The van der Waals surface area contributed by atoms with E-state index in [0.29, 0.717) is 4.83 Å². The van der Waals surface area contributed by atoms with Gasteiger partial charge < -0.3 is 4.74 Å². The molecular formula is C9H12Br2OS. The van der Waals surface area contributed by atoms with Crippen molar-refractivity contribution >= 4 is 43.2 Å². The Balaban J connectivity index is 2.26. The summed E-state index contributed by atoms with van der Waals surface area (Å²) in [6.45, 7) is 0.784. The highest BCUT2D eigenvalue weighted by Gasteiger charge is 2.04. The van der Waals surface area contributed by atoms with Gasteiger partial charge in [0, 0.05) is 26.7 Å². The monoisotopic (exact) mass is 326 g/mol. The minimum absolute atomic E-state index is 0.471. The molecule has 1 unspecified atom stereocenters. The standard InChI is InChI=1S/C9H12Br2OS/c1-12-5-7(10)2-3-9-4-8(11)6-13-9/h4,6-7H,2-3,5H2,1H3. The molecule has 13 heavy (non-hydrogen) atoms. The van der Waals surface area contributed by atoms with Crippen molar-refractivity contribution in [2.45, 2.75) is 17.7 Å². The summed E-state index contributed by atoms with van der Waals surface area (Å²) < 4.78 is 6.23. The van der Waals surface area contributed by atoms with Crippen molar-refractivity contribution in [2.75, 3.05) is 13.7 Å². The van der Waals surface area contributed by atoms with Crippen LogP contribution in [0.3, 0.4) is 0 Å². The molecule has 0 amide bonds. The minimum atomic E-state index is 0.471. The molecule has 4 heteroatoms. The Bertz CT molecular complexity index is 250. The molecule has 1 atom stereocenters. The van der Waals surface area contributed by atoms with Crippen molar-refractivity contribution in [3.63, 3.8) is 0 Å². The molecule has 1 aromatic rings. The minimum Gasteiger partial charge on any atom is -0.384 e. The van der Waals surface area contributed by atoms with E-state index >= 15 is 0 Å². The zero-order valence-electron chi connectivity index (χ0n) is 7.43. The topological polar surface area (TPSA) is 9.23 Å². The van der Waals surface area contributed by atoms with Crippen molar-refractivity contribution in [1.29, 1.82) is 0 Å². The van der Waals surface area contributed by atoms with E-state index in [1.807, 2.05) is 0 Å². The largest absolute Gasteiger partial charge is 0.384 e. The van der Waals surface area contributed by atoms with Crippen LogP contribution in [0.15, 0.2) is 15.9 Å². The average molecular weight is 328 g/mol. The normalized spacial score (nSPS) is 13.2. The number of aryl methyl sites for hydroxylation is 1. The SMILES string of the molecule is COCC(Br)CCc1cc(Br)cs1. The maximum Gasteiger partial charge on any atom is 0.0587 e. The molecule has 1 rings (SSSR count). The van der Waals surface area contributed by atoms with Gasteiger partial charge in [-0.3, -0.25) is 0 Å². The van der Waals surface area contributed by atoms with Crippen LogP contribution < -0.4 is 0 Å². The Morgan fingerprint density at radius 3 is 2.92 bits per heavy atom. The van der Waals surface area contributed by atoms with Gasteiger partial charge in [0.1, 0.15) is 0 Å². The highest BCUT2D eigenvalue weighted by molar-refractivity contribution is 9.10. The van der Waals surface area contributed by atoms with Crippen LogP contribution in [-0.4, -0.2) is 18.5 Å². The second-order valence-corrected chi connectivity index (χ2v) is 6.03. The van der Waals surface area contributed by atoms with Gasteiger partial charge in [-0.15, -0.1) is 11.3 Å². The molecule has 0 aliphatic heterocycles. The van der Waals surface area contributed by atoms with Crippen molar-refractivity contribution in [1.82, 2.24) is 0 Å². The third-order valence-electron chi connectivity index (χ3n) is 1.67. The fraction of sp³-hybridized carbons (Fsp3) is 0.556. The van der Waals surface area contributed by atoms with Crippen LogP contribution in [0.1, 0.15) is 11.3 Å². The Kier molecular flexibility index (Phi) is 5.55. The van der Waals surface area contributed by atoms with Crippen LogP contribution in [0.5, 0.6) is 0 Å². The van der Waals surface area contributed by atoms with Crippen LogP contribution in [0.2, 0.25) is 0 Å².